The number of benzene rings is 1. The molecule has 2 rings (SSSR count). The van der Waals surface area contributed by atoms with Gasteiger partial charge in [0.05, 0.1) is 5.56 Å². The number of carboxylic acid groups (broad SMARTS) is 1. The van der Waals surface area contributed by atoms with E-state index < -0.39 is 11.8 Å². The first-order valence-corrected chi connectivity index (χ1v) is 6.24. The Labute approximate surface area is 110 Å². The lowest BCUT2D eigenvalue weighted by molar-refractivity contribution is -0.125. The predicted molar refractivity (Wildman–Crippen MR) is 67.4 cm³/mol. The lowest BCUT2D eigenvalue weighted by Crippen LogP contribution is -2.39. The molecule has 1 aliphatic rings. The largest absolute Gasteiger partial charge is 0.478 e. The average molecular weight is 265 g/mol. The van der Waals surface area contributed by atoms with E-state index in [9.17, 15) is 14.0 Å². The molecule has 1 N–H and O–H groups in total. The molecule has 0 saturated carbocycles. The van der Waals surface area contributed by atoms with Crippen molar-refractivity contribution in [2.24, 2.45) is 5.92 Å². The van der Waals surface area contributed by atoms with Gasteiger partial charge < -0.3 is 5.11 Å². The number of likely N-dealkylation sites (tertiary alicyclic amines) is 1. The number of rotatable bonds is 3. The van der Waals surface area contributed by atoms with E-state index in [1.54, 1.807) is 0 Å². The predicted octanol–water partition coefficient (Wildman–Crippen LogP) is 1.93. The quantitative estimate of drug-likeness (QED) is 0.907. The molecule has 0 spiro atoms. The van der Waals surface area contributed by atoms with Gasteiger partial charge in [-0.2, -0.15) is 0 Å². The highest BCUT2D eigenvalue weighted by atomic mass is 19.1. The van der Waals surface area contributed by atoms with E-state index in [1.165, 1.54) is 18.2 Å². The van der Waals surface area contributed by atoms with Crippen molar-refractivity contribution in [2.75, 3.05) is 13.1 Å². The zero-order chi connectivity index (χ0) is 14.0. The zero-order valence-electron chi connectivity index (χ0n) is 10.7. The van der Waals surface area contributed by atoms with Crippen LogP contribution in [0.3, 0.4) is 0 Å². The maximum absolute atomic E-state index is 13.7. The fraction of sp³-hybridized carbons (Fsp3) is 0.429. The standard InChI is InChI=1S/C14H16FNO3/c1-9-7-16(5-4-13(9)17)8-11-6-10(14(18)19)2-3-12(11)15/h2-3,6,9H,4-5,7-8H2,1H3,(H,18,19). The van der Waals surface area contributed by atoms with E-state index in [1.807, 2.05) is 11.8 Å². The van der Waals surface area contributed by atoms with Crippen LogP contribution >= 0.6 is 0 Å². The summed E-state index contributed by atoms with van der Waals surface area (Å²) in [5.74, 6) is -1.28. The molecule has 5 heteroatoms. The van der Waals surface area contributed by atoms with Crippen molar-refractivity contribution in [1.82, 2.24) is 4.90 Å². The van der Waals surface area contributed by atoms with Gasteiger partial charge in [0, 0.05) is 37.5 Å². The first-order chi connectivity index (χ1) is 8.97. The van der Waals surface area contributed by atoms with E-state index in [2.05, 4.69) is 0 Å². The van der Waals surface area contributed by atoms with E-state index in [-0.39, 0.29) is 17.3 Å². The summed E-state index contributed by atoms with van der Waals surface area (Å²) in [6.07, 6.45) is 0.474. The third-order valence-corrected chi connectivity index (χ3v) is 3.44. The van der Waals surface area contributed by atoms with Crippen molar-refractivity contribution in [1.29, 1.82) is 0 Å². The Hall–Kier alpha value is -1.75. The first kappa shape index (κ1) is 13.7. The Morgan fingerprint density at radius 2 is 2.26 bits per heavy atom. The van der Waals surface area contributed by atoms with Crippen LogP contribution < -0.4 is 0 Å². The van der Waals surface area contributed by atoms with Crippen LogP contribution in [-0.2, 0) is 11.3 Å². The summed E-state index contributed by atoms with van der Waals surface area (Å²) in [5.41, 5.74) is 0.444. The number of hydrogen-bond acceptors (Lipinski definition) is 3. The van der Waals surface area contributed by atoms with Crippen LogP contribution in [0.25, 0.3) is 0 Å². The van der Waals surface area contributed by atoms with Crippen LogP contribution in [0.5, 0.6) is 0 Å². The molecule has 1 aromatic rings. The summed E-state index contributed by atoms with van der Waals surface area (Å²) < 4.78 is 13.7. The van der Waals surface area contributed by atoms with Crippen molar-refractivity contribution >= 4 is 11.8 Å². The molecular formula is C14H16FNO3. The molecule has 0 aromatic heterocycles. The molecule has 0 aliphatic carbocycles. The maximum Gasteiger partial charge on any atom is 0.335 e. The molecule has 19 heavy (non-hydrogen) atoms. The van der Waals surface area contributed by atoms with Gasteiger partial charge in [-0.05, 0) is 18.2 Å². The second-order valence-corrected chi connectivity index (χ2v) is 4.96. The molecular weight excluding hydrogens is 249 g/mol. The maximum atomic E-state index is 13.7. The number of Topliss-reactive ketones (excluding diaryl/α,β-unsaturated/α-hetero) is 1. The van der Waals surface area contributed by atoms with Gasteiger partial charge in [0.15, 0.2) is 0 Å². The lowest BCUT2D eigenvalue weighted by Gasteiger charge is -2.30. The number of carboxylic acids is 1. The summed E-state index contributed by atoms with van der Waals surface area (Å²) in [4.78, 5) is 24.3. The Morgan fingerprint density at radius 3 is 2.89 bits per heavy atom. The van der Waals surface area contributed by atoms with Gasteiger partial charge >= 0.3 is 5.97 Å². The SMILES string of the molecule is CC1CN(Cc2cc(C(=O)O)ccc2F)CCC1=O. The Kier molecular flexibility index (Phi) is 3.95. The fourth-order valence-corrected chi connectivity index (χ4v) is 2.31. The number of piperidine rings is 1. The molecule has 1 aliphatic heterocycles. The molecule has 1 heterocycles. The molecule has 1 saturated heterocycles. The average Bonchev–Trinajstić information content (AvgIpc) is 2.36. The topological polar surface area (TPSA) is 57.6 Å². The molecule has 1 aromatic carbocycles. The van der Waals surface area contributed by atoms with Crippen LogP contribution in [0.1, 0.15) is 29.3 Å². The van der Waals surface area contributed by atoms with Crippen molar-refractivity contribution in [3.05, 3.63) is 35.1 Å². The second kappa shape index (κ2) is 5.48. The Bertz CT molecular complexity index is 515. The van der Waals surface area contributed by atoms with Crippen molar-refractivity contribution in [3.8, 4) is 0 Å². The molecule has 4 nitrogen and oxygen atoms in total. The monoisotopic (exact) mass is 265 g/mol. The van der Waals surface area contributed by atoms with Crippen molar-refractivity contribution in [2.45, 2.75) is 19.9 Å². The van der Waals surface area contributed by atoms with Crippen LogP contribution in [0.15, 0.2) is 18.2 Å². The highest BCUT2D eigenvalue weighted by Crippen LogP contribution is 2.18. The van der Waals surface area contributed by atoms with Gasteiger partial charge in [-0.1, -0.05) is 6.92 Å². The Morgan fingerprint density at radius 1 is 1.53 bits per heavy atom. The van der Waals surface area contributed by atoms with Crippen molar-refractivity contribution in [3.63, 3.8) is 0 Å². The summed E-state index contributed by atoms with van der Waals surface area (Å²) in [5, 5.41) is 8.90. The van der Waals surface area contributed by atoms with E-state index >= 15 is 0 Å². The third-order valence-electron chi connectivity index (χ3n) is 3.44. The number of ketones is 1. The number of carbonyl (C=O) groups is 2. The summed E-state index contributed by atoms with van der Waals surface area (Å²) in [6, 6.07) is 3.79. The molecule has 1 atom stereocenters. The molecule has 1 unspecified atom stereocenters. The summed E-state index contributed by atoms with van der Waals surface area (Å²) in [6.45, 7) is 3.39. The van der Waals surface area contributed by atoms with E-state index in [0.29, 0.717) is 31.6 Å². The van der Waals surface area contributed by atoms with E-state index in [4.69, 9.17) is 5.11 Å². The molecule has 0 bridgehead atoms. The van der Waals surface area contributed by atoms with Crippen LogP contribution in [0.4, 0.5) is 4.39 Å². The Balaban J connectivity index is 2.12. The number of aromatic carboxylic acids is 1. The van der Waals surface area contributed by atoms with Gasteiger partial charge in [-0.25, -0.2) is 9.18 Å². The van der Waals surface area contributed by atoms with Crippen molar-refractivity contribution < 1.29 is 19.1 Å². The number of carbonyl (C=O) groups excluding carboxylic acids is 1. The fourth-order valence-electron chi connectivity index (χ4n) is 2.31. The minimum absolute atomic E-state index is 0.0422. The second-order valence-electron chi connectivity index (χ2n) is 4.96. The van der Waals surface area contributed by atoms with Crippen LogP contribution in [0, 0.1) is 11.7 Å². The van der Waals surface area contributed by atoms with Gasteiger partial charge in [-0.15, -0.1) is 0 Å². The lowest BCUT2D eigenvalue weighted by atomic mass is 9.98. The summed E-state index contributed by atoms with van der Waals surface area (Å²) in [7, 11) is 0. The third kappa shape index (κ3) is 3.17. The molecule has 1 fully saturated rings. The zero-order valence-corrected chi connectivity index (χ0v) is 10.7. The number of hydrogen-bond donors (Lipinski definition) is 1. The normalized spacial score (nSPS) is 20.5. The number of halogens is 1. The highest BCUT2D eigenvalue weighted by molar-refractivity contribution is 5.87. The van der Waals surface area contributed by atoms with E-state index in [0.717, 1.165) is 0 Å². The van der Waals surface area contributed by atoms with Gasteiger partial charge in [0.2, 0.25) is 0 Å². The first-order valence-electron chi connectivity index (χ1n) is 6.24. The number of nitrogens with zero attached hydrogens (tertiary/aromatic N) is 1. The molecule has 0 amide bonds. The summed E-state index contributed by atoms with van der Waals surface area (Å²) >= 11 is 0. The highest BCUT2D eigenvalue weighted by Gasteiger charge is 2.24. The molecule has 102 valence electrons. The van der Waals surface area contributed by atoms with Crippen LogP contribution in [-0.4, -0.2) is 34.8 Å². The van der Waals surface area contributed by atoms with Gasteiger partial charge in [-0.3, -0.25) is 9.69 Å². The molecule has 0 radical (unpaired) electrons. The van der Waals surface area contributed by atoms with Gasteiger partial charge in [0.25, 0.3) is 0 Å². The smallest absolute Gasteiger partial charge is 0.335 e. The minimum atomic E-state index is -1.07. The minimum Gasteiger partial charge on any atom is -0.478 e. The van der Waals surface area contributed by atoms with Gasteiger partial charge in [0.1, 0.15) is 11.6 Å². The van der Waals surface area contributed by atoms with Crippen LogP contribution in [0.2, 0.25) is 0 Å².